The monoisotopic (exact) mass is 395 g/mol. The number of hydrogen-bond acceptors (Lipinski definition) is 3. The van der Waals surface area contributed by atoms with Crippen molar-refractivity contribution in [2.45, 2.75) is 49.9 Å². The van der Waals surface area contributed by atoms with Gasteiger partial charge in [0.2, 0.25) is 0 Å². The van der Waals surface area contributed by atoms with Crippen molar-refractivity contribution >= 4 is 30.9 Å². The molecule has 0 radical (unpaired) electrons. The zero-order valence-corrected chi connectivity index (χ0v) is 18.2. The molecule has 0 fully saturated rings. The lowest BCUT2D eigenvalue weighted by Crippen LogP contribution is -2.00. The third-order valence-electron chi connectivity index (χ3n) is 4.51. The van der Waals surface area contributed by atoms with Crippen LogP contribution in [-0.2, 0) is 6.54 Å². The molecule has 27 heavy (non-hydrogen) atoms. The van der Waals surface area contributed by atoms with Crippen molar-refractivity contribution in [2.24, 2.45) is 0 Å². The average Bonchev–Trinajstić information content (AvgIpc) is 2.65. The van der Waals surface area contributed by atoms with Gasteiger partial charge in [-0.2, -0.15) is 0 Å². The number of benzene rings is 2. The van der Waals surface area contributed by atoms with Crippen LogP contribution in [0, 0.1) is 13.8 Å². The maximum atomic E-state index is 4.42. The molecular weight excluding hydrogens is 366 g/mol. The number of nitrogens with one attached hydrogen (secondary N) is 1. The number of aryl methyl sites for hydroxylation is 2. The van der Waals surface area contributed by atoms with Crippen molar-refractivity contribution in [3.8, 4) is 0 Å². The van der Waals surface area contributed by atoms with E-state index in [0.717, 1.165) is 27.6 Å². The fraction of sp³-hybridized carbons (Fsp3) is 0.250. The molecule has 0 spiro atoms. The van der Waals surface area contributed by atoms with Crippen LogP contribution >= 0.6 is 25.3 Å². The molecule has 0 saturated heterocycles. The van der Waals surface area contributed by atoms with E-state index in [1.807, 2.05) is 19.1 Å². The molecule has 1 nitrogen and oxygen atoms in total. The largest absolute Gasteiger partial charge is 0.381 e. The molecule has 0 aliphatic heterocycles. The number of hydrogen-bond donors (Lipinski definition) is 3. The molecule has 1 aliphatic rings. The Morgan fingerprint density at radius 2 is 1.81 bits per heavy atom. The summed E-state index contributed by atoms with van der Waals surface area (Å²) in [5.74, 6) is 0. The third-order valence-corrected chi connectivity index (χ3v) is 5.63. The summed E-state index contributed by atoms with van der Waals surface area (Å²) < 4.78 is 0. The normalized spacial score (nSPS) is 13.1. The summed E-state index contributed by atoms with van der Waals surface area (Å²) in [5.41, 5.74) is 7.62. The predicted molar refractivity (Wildman–Crippen MR) is 125 cm³/mol. The summed E-state index contributed by atoms with van der Waals surface area (Å²) in [7, 11) is 0. The van der Waals surface area contributed by atoms with Crippen molar-refractivity contribution in [1.82, 2.24) is 0 Å². The van der Waals surface area contributed by atoms with E-state index in [9.17, 15) is 0 Å². The molecule has 0 unspecified atom stereocenters. The van der Waals surface area contributed by atoms with Gasteiger partial charge in [0.15, 0.2) is 0 Å². The Bertz CT molecular complexity index is 839. The average molecular weight is 396 g/mol. The summed E-state index contributed by atoms with van der Waals surface area (Å²) in [6.07, 6.45) is 8.62. The Morgan fingerprint density at radius 1 is 1.04 bits per heavy atom. The van der Waals surface area contributed by atoms with Crippen molar-refractivity contribution in [1.29, 1.82) is 0 Å². The Balaban J connectivity index is 0.000000244. The van der Waals surface area contributed by atoms with Gasteiger partial charge in [0.05, 0.1) is 0 Å². The van der Waals surface area contributed by atoms with Gasteiger partial charge in [-0.05, 0) is 62.4 Å². The van der Waals surface area contributed by atoms with Gasteiger partial charge in [-0.3, -0.25) is 0 Å². The van der Waals surface area contributed by atoms with Crippen LogP contribution in [0.4, 0.5) is 5.69 Å². The maximum Gasteiger partial charge on any atom is 0.0400 e. The summed E-state index contributed by atoms with van der Waals surface area (Å²) in [6, 6.07) is 12.6. The highest BCUT2D eigenvalue weighted by molar-refractivity contribution is 7.83. The van der Waals surface area contributed by atoms with Crippen molar-refractivity contribution in [3.63, 3.8) is 0 Å². The first-order valence-corrected chi connectivity index (χ1v) is 10.1. The number of anilines is 1. The van der Waals surface area contributed by atoms with E-state index >= 15 is 0 Å². The number of allylic oxidation sites excluding steroid dienone is 5. The Kier molecular flexibility index (Phi) is 8.33. The van der Waals surface area contributed by atoms with E-state index < -0.39 is 0 Å². The Hall–Kier alpha value is -1.84. The molecule has 3 heteroatoms. The fourth-order valence-corrected chi connectivity index (χ4v) is 3.26. The zero-order chi connectivity index (χ0) is 19.8. The van der Waals surface area contributed by atoms with Gasteiger partial charge in [0, 0.05) is 22.0 Å². The smallest absolute Gasteiger partial charge is 0.0400 e. The Morgan fingerprint density at radius 3 is 2.41 bits per heavy atom. The second-order valence-corrected chi connectivity index (χ2v) is 7.89. The van der Waals surface area contributed by atoms with E-state index in [0.29, 0.717) is 0 Å². The molecule has 0 aromatic heterocycles. The van der Waals surface area contributed by atoms with Gasteiger partial charge in [0.25, 0.3) is 0 Å². The van der Waals surface area contributed by atoms with Gasteiger partial charge in [-0.1, -0.05) is 60.2 Å². The molecule has 2 aromatic rings. The zero-order valence-electron chi connectivity index (χ0n) is 16.4. The van der Waals surface area contributed by atoms with Gasteiger partial charge < -0.3 is 5.32 Å². The molecule has 1 aliphatic carbocycles. The molecule has 0 atom stereocenters. The maximum absolute atomic E-state index is 4.42. The van der Waals surface area contributed by atoms with Gasteiger partial charge in [-0.25, -0.2) is 0 Å². The van der Waals surface area contributed by atoms with Crippen LogP contribution in [0.15, 0.2) is 82.1 Å². The minimum Gasteiger partial charge on any atom is -0.381 e. The first-order valence-electron chi connectivity index (χ1n) is 9.20. The van der Waals surface area contributed by atoms with E-state index in [1.54, 1.807) is 0 Å². The highest BCUT2D eigenvalue weighted by Gasteiger charge is 2.02. The second-order valence-electron chi connectivity index (χ2n) is 6.96. The SMILES string of the molecule is C=CC1=CC=C(C)CC1.Cc1cccc(CNc2cc(C)c(S)c(S)c2)c1. The minimum atomic E-state index is 0.820. The van der Waals surface area contributed by atoms with E-state index in [2.05, 4.69) is 93.5 Å². The molecule has 2 aromatic carbocycles. The van der Waals surface area contributed by atoms with Crippen LogP contribution in [0.2, 0.25) is 0 Å². The number of rotatable bonds is 4. The molecule has 0 bridgehead atoms. The number of thiol groups is 2. The topological polar surface area (TPSA) is 12.0 Å². The molecular formula is C24H29NS2. The van der Waals surface area contributed by atoms with Crippen molar-refractivity contribution in [2.75, 3.05) is 5.32 Å². The van der Waals surface area contributed by atoms with E-state index in [1.165, 1.54) is 35.1 Å². The van der Waals surface area contributed by atoms with Gasteiger partial charge in [0.1, 0.15) is 0 Å². The van der Waals surface area contributed by atoms with E-state index in [4.69, 9.17) is 0 Å². The summed E-state index contributed by atoms with van der Waals surface area (Å²) in [6.45, 7) is 10.8. The Labute approximate surface area is 175 Å². The van der Waals surface area contributed by atoms with Crippen molar-refractivity contribution in [3.05, 3.63) is 89.0 Å². The molecule has 0 amide bonds. The summed E-state index contributed by atoms with van der Waals surface area (Å²) in [4.78, 5) is 1.85. The molecule has 0 saturated carbocycles. The first kappa shape index (κ1) is 21.5. The lowest BCUT2D eigenvalue weighted by molar-refractivity contribution is 0.928. The van der Waals surface area contributed by atoms with Crippen LogP contribution < -0.4 is 5.32 Å². The predicted octanol–water partition coefficient (Wildman–Crippen LogP) is 7.33. The molecule has 142 valence electrons. The van der Waals surface area contributed by atoms with Gasteiger partial charge >= 0.3 is 0 Å². The molecule has 1 N–H and O–H groups in total. The van der Waals surface area contributed by atoms with Crippen LogP contribution in [0.3, 0.4) is 0 Å². The van der Waals surface area contributed by atoms with E-state index in [-0.39, 0.29) is 0 Å². The highest BCUT2D eigenvalue weighted by atomic mass is 32.1. The standard InChI is InChI=1S/C15H17NS2.C9H12/c1-10-4-3-5-12(6-10)9-16-13-7-11(2)15(18)14(17)8-13;1-3-9-6-4-8(2)5-7-9/h3-8,16-18H,9H2,1-2H3;3-4,6H,1,5,7H2,2H3. The first-order chi connectivity index (χ1) is 12.9. The van der Waals surface area contributed by atoms with Crippen LogP contribution in [0.1, 0.15) is 36.5 Å². The lowest BCUT2D eigenvalue weighted by atomic mass is 10.00. The second kappa shape index (κ2) is 10.5. The third kappa shape index (κ3) is 7.00. The summed E-state index contributed by atoms with van der Waals surface area (Å²) in [5, 5.41) is 3.41. The highest BCUT2D eigenvalue weighted by Crippen LogP contribution is 2.26. The van der Waals surface area contributed by atoms with Crippen LogP contribution in [-0.4, -0.2) is 0 Å². The van der Waals surface area contributed by atoms with Crippen LogP contribution in [0.25, 0.3) is 0 Å². The quantitative estimate of drug-likeness (QED) is 0.460. The summed E-state index contributed by atoms with van der Waals surface area (Å²) >= 11 is 8.82. The van der Waals surface area contributed by atoms with Gasteiger partial charge in [-0.15, -0.1) is 25.3 Å². The van der Waals surface area contributed by atoms with Crippen LogP contribution in [0.5, 0.6) is 0 Å². The fourth-order valence-electron chi connectivity index (χ4n) is 2.82. The molecule has 3 rings (SSSR count). The molecule has 0 heterocycles. The van der Waals surface area contributed by atoms with Crippen molar-refractivity contribution < 1.29 is 0 Å². The minimum absolute atomic E-state index is 0.820. The lowest BCUT2D eigenvalue weighted by Gasteiger charge is -2.11.